The van der Waals surface area contributed by atoms with Gasteiger partial charge in [0.05, 0.1) is 5.56 Å². The molecule has 0 atom stereocenters. The molecule has 0 aliphatic heterocycles. The molecular formula is C15H14FNO. The average Bonchev–Trinajstić information content (AvgIpc) is 2.40. The minimum absolute atomic E-state index is 0.0867. The first kappa shape index (κ1) is 12.3. The molecule has 0 saturated carbocycles. The van der Waals surface area contributed by atoms with Crippen molar-refractivity contribution >= 4 is 12.0 Å². The van der Waals surface area contributed by atoms with E-state index in [1.54, 1.807) is 6.07 Å². The van der Waals surface area contributed by atoms with E-state index < -0.39 is 5.82 Å². The largest absolute Gasteiger partial charge is 0.385 e. The van der Waals surface area contributed by atoms with Gasteiger partial charge in [-0.05, 0) is 30.2 Å². The molecule has 2 nitrogen and oxygen atoms in total. The molecule has 0 fully saturated rings. The van der Waals surface area contributed by atoms with Gasteiger partial charge < -0.3 is 5.32 Å². The van der Waals surface area contributed by atoms with Crippen molar-refractivity contribution in [1.82, 2.24) is 0 Å². The molecule has 0 aromatic heterocycles. The van der Waals surface area contributed by atoms with Crippen molar-refractivity contribution in [1.29, 1.82) is 0 Å². The van der Waals surface area contributed by atoms with Crippen LogP contribution in [-0.4, -0.2) is 12.8 Å². The molecule has 0 spiro atoms. The lowest BCUT2D eigenvalue weighted by atomic mass is 10.1. The predicted molar refractivity (Wildman–Crippen MR) is 70.4 cm³/mol. The van der Waals surface area contributed by atoms with Crippen molar-refractivity contribution in [3.8, 4) is 0 Å². The van der Waals surface area contributed by atoms with Gasteiger partial charge in [0, 0.05) is 12.2 Å². The molecule has 2 rings (SSSR count). The predicted octanol–water partition coefficient (Wildman–Crippen LogP) is 3.29. The Kier molecular flexibility index (Phi) is 4.07. The van der Waals surface area contributed by atoms with E-state index in [2.05, 4.69) is 17.4 Å². The number of benzene rings is 2. The van der Waals surface area contributed by atoms with E-state index in [0.717, 1.165) is 13.0 Å². The molecule has 0 aliphatic carbocycles. The number of carbonyl (C=O) groups excluding carboxylic acids is 1. The highest BCUT2D eigenvalue weighted by Gasteiger charge is 2.01. The van der Waals surface area contributed by atoms with Gasteiger partial charge in [-0.1, -0.05) is 30.3 Å². The van der Waals surface area contributed by atoms with Gasteiger partial charge in [-0.3, -0.25) is 4.79 Å². The van der Waals surface area contributed by atoms with Crippen LogP contribution in [0.25, 0.3) is 0 Å². The zero-order valence-electron chi connectivity index (χ0n) is 9.90. The van der Waals surface area contributed by atoms with E-state index in [4.69, 9.17) is 0 Å². The van der Waals surface area contributed by atoms with E-state index in [1.165, 1.54) is 17.7 Å². The second-order valence-corrected chi connectivity index (χ2v) is 4.02. The maximum Gasteiger partial charge on any atom is 0.152 e. The normalized spacial score (nSPS) is 10.1. The van der Waals surface area contributed by atoms with Crippen LogP contribution in [0, 0.1) is 5.82 Å². The van der Waals surface area contributed by atoms with Crippen LogP contribution in [0.1, 0.15) is 15.9 Å². The van der Waals surface area contributed by atoms with Gasteiger partial charge in [-0.2, -0.15) is 0 Å². The third-order valence-electron chi connectivity index (χ3n) is 2.71. The standard InChI is InChI=1S/C15H14FNO/c16-15-10-14(7-6-13(15)11-18)17-9-8-12-4-2-1-3-5-12/h1-7,10-11,17H,8-9H2. The van der Waals surface area contributed by atoms with Crippen LogP contribution in [0.15, 0.2) is 48.5 Å². The van der Waals surface area contributed by atoms with Crippen molar-refractivity contribution in [2.24, 2.45) is 0 Å². The first-order chi connectivity index (χ1) is 8.79. The molecule has 0 aliphatic rings. The Bertz CT molecular complexity index is 525. The van der Waals surface area contributed by atoms with E-state index in [9.17, 15) is 9.18 Å². The highest BCUT2D eigenvalue weighted by Crippen LogP contribution is 2.13. The fraction of sp³-hybridized carbons (Fsp3) is 0.133. The highest BCUT2D eigenvalue weighted by molar-refractivity contribution is 5.76. The minimum atomic E-state index is -0.491. The third kappa shape index (κ3) is 3.17. The van der Waals surface area contributed by atoms with Crippen molar-refractivity contribution in [3.05, 3.63) is 65.5 Å². The highest BCUT2D eigenvalue weighted by atomic mass is 19.1. The topological polar surface area (TPSA) is 29.1 Å². The molecule has 2 aromatic rings. The lowest BCUT2D eigenvalue weighted by Crippen LogP contribution is -2.05. The molecule has 0 heterocycles. The van der Waals surface area contributed by atoms with Gasteiger partial charge in [-0.25, -0.2) is 4.39 Å². The van der Waals surface area contributed by atoms with Crippen molar-refractivity contribution < 1.29 is 9.18 Å². The number of rotatable bonds is 5. The van der Waals surface area contributed by atoms with Crippen LogP contribution in [0.5, 0.6) is 0 Å². The van der Waals surface area contributed by atoms with Crippen molar-refractivity contribution in [2.45, 2.75) is 6.42 Å². The zero-order chi connectivity index (χ0) is 12.8. The van der Waals surface area contributed by atoms with Gasteiger partial charge in [0.15, 0.2) is 6.29 Å². The van der Waals surface area contributed by atoms with Gasteiger partial charge in [0.25, 0.3) is 0 Å². The van der Waals surface area contributed by atoms with Crippen molar-refractivity contribution in [3.63, 3.8) is 0 Å². The zero-order valence-corrected chi connectivity index (χ0v) is 9.90. The Hall–Kier alpha value is -2.16. The molecule has 1 N–H and O–H groups in total. The summed E-state index contributed by atoms with van der Waals surface area (Å²) in [6.45, 7) is 0.726. The number of halogens is 1. The smallest absolute Gasteiger partial charge is 0.152 e. The van der Waals surface area contributed by atoms with Crippen LogP contribution in [0.2, 0.25) is 0 Å². The van der Waals surface area contributed by atoms with Crippen LogP contribution in [0.3, 0.4) is 0 Å². The second kappa shape index (κ2) is 5.96. The fourth-order valence-electron chi connectivity index (χ4n) is 1.73. The number of aldehydes is 1. The molecule has 92 valence electrons. The lowest BCUT2D eigenvalue weighted by Gasteiger charge is -2.07. The van der Waals surface area contributed by atoms with Gasteiger partial charge in [-0.15, -0.1) is 0 Å². The Morgan fingerprint density at radius 1 is 1.11 bits per heavy atom. The number of nitrogens with one attached hydrogen (secondary N) is 1. The van der Waals surface area contributed by atoms with E-state index in [1.807, 2.05) is 18.2 Å². The van der Waals surface area contributed by atoms with E-state index in [-0.39, 0.29) is 5.56 Å². The first-order valence-electron chi connectivity index (χ1n) is 5.82. The summed E-state index contributed by atoms with van der Waals surface area (Å²) < 4.78 is 13.3. The Morgan fingerprint density at radius 2 is 1.89 bits per heavy atom. The molecule has 0 radical (unpaired) electrons. The lowest BCUT2D eigenvalue weighted by molar-refractivity contribution is 0.112. The first-order valence-corrected chi connectivity index (χ1v) is 5.82. The van der Waals surface area contributed by atoms with Crippen LogP contribution < -0.4 is 5.32 Å². The molecule has 0 bridgehead atoms. The average molecular weight is 243 g/mol. The third-order valence-corrected chi connectivity index (χ3v) is 2.71. The van der Waals surface area contributed by atoms with E-state index >= 15 is 0 Å². The minimum Gasteiger partial charge on any atom is -0.385 e. The Morgan fingerprint density at radius 3 is 2.56 bits per heavy atom. The molecule has 3 heteroatoms. The van der Waals surface area contributed by atoms with Gasteiger partial charge in [0.2, 0.25) is 0 Å². The number of carbonyl (C=O) groups is 1. The summed E-state index contributed by atoms with van der Waals surface area (Å²) in [5.74, 6) is -0.491. The number of hydrogen-bond acceptors (Lipinski definition) is 2. The van der Waals surface area contributed by atoms with Crippen molar-refractivity contribution in [2.75, 3.05) is 11.9 Å². The monoisotopic (exact) mass is 243 g/mol. The van der Waals surface area contributed by atoms with E-state index in [0.29, 0.717) is 12.0 Å². The second-order valence-electron chi connectivity index (χ2n) is 4.02. The fourth-order valence-corrected chi connectivity index (χ4v) is 1.73. The summed E-state index contributed by atoms with van der Waals surface area (Å²) in [4.78, 5) is 10.5. The molecule has 0 unspecified atom stereocenters. The Balaban J connectivity index is 1.91. The molecule has 0 amide bonds. The summed E-state index contributed by atoms with van der Waals surface area (Å²) in [7, 11) is 0. The maximum absolute atomic E-state index is 13.3. The summed E-state index contributed by atoms with van der Waals surface area (Å²) >= 11 is 0. The van der Waals surface area contributed by atoms with Crippen LogP contribution in [-0.2, 0) is 6.42 Å². The molecule has 0 saturated heterocycles. The summed E-state index contributed by atoms with van der Waals surface area (Å²) in [5.41, 5.74) is 2.01. The molecular weight excluding hydrogens is 229 g/mol. The SMILES string of the molecule is O=Cc1ccc(NCCc2ccccc2)cc1F. The molecule has 2 aromatic carbocycles. The van der Waals surface area contributed by atoms with Gasteiger partial charge >= 0.3 is 0 Å². The van der Waals surface area contributed by atoms with Crippen LogP contribution in [0.4, 0.5) is 10.1 Å². The summed E-state index contributed by atoms with van der Waals surface area (Å²) in [6.07, 6.45) is 1.39. The quantitative estimate of drug-likeness (QED) is 0.816. The van der Waals surface area contributed by atoms with Gasteiger partial charge in [0.1, 0.15) is 5.82 Å². The number of hydrogen-bond donors (Lipinski definition) is 1. The maximum atomic E-state index is 13.3. The number of anilines is 1. The summed E-state index contributed by atoms with van der Waals surface area (Å²) in [5, 5.41) is 3.13. The summed E-state index contributed by atoms with van der Waals surface area (Å²) in [6, 6.07) is 14.6. The van der Waals surface area contributed by atoms with Crippen LogP contribution >= 0.6 is 0 Å². The Labute approximate surface area is 105 Å². The molecule has 18 heavy (non-hydrogen) atoms.